The topological polar surface area (TPSA) is 49.9 Å². The molecule has 0 aliphatic rings. The van der Waals surface area contributed by atoms with Gasteiger partial charge < -0.3 is 5.73 Å². The van der Waals surface area contributed by atoms with Crippen LogP contribution in [0.3, 0.4) is 0 Å². The molecule has 0 saturated carbocycles. The maximum Gasteiger partial charge on any atom is 0.124 e. The van der Waals surface area contributed by atoms with Crippen LogP contribution in [0.5, 0.6) is 0 Å². The van der Waals surface area contributed by atoms with Crippen molar-refractivity contribution in [2.75, 3.05) is 0 Å². The van der Waals surface area contributed by atoms with E-state index >= 15 is 0 Å². The average Bonchev–Trinajstić information content (AvgIpc) is 1.94. The van der Waals surface area contributed by atoms with Crippen molar-refractivity contribution >= 4 is 17.4 Å². The van der Waals surface area contributed by atoms with Crippen LogP contribution in [0.25, 0.3) is 0 Å². The van der Waals surface area contributed by atoms with Gasteiger partial charge in [0.25, 0.3) is 0 Å². The van der Waals surface area contributed by atoms with Crippen LogP contribution in [0.1, 0.15) is 5.56 Å². The highest BCUT2D eigenvalue weighted by Gasteiger charge is 2.03. The maximum absolute atomic E-state index is 12.5. The molecule has 0 aliphatic carbocycles. The molecule has 0 saturated heterocycles. The van der Waals surface area contributed by atoms with E-state index in [0.717, 1.165) is 6.07 Å². The largest absolute Gasteiger partial charge is 0.384 e. The fraction of sp³-hybridized carbons (Fsp3) is 0. The highest BCUT2D eigenvalue weighted by atomic mass is 35.5. The second-order valence-electron chi connectivity index (χ2n) is 2.04. The molecule has 11 heavy (non-hydrogen) atoms. The van der Waals surface area contributed by atoms with Gasteiger partial charge in [0, 0.05) is 5.56 Å². The Balaban J connectivity index is 3.23. The number of hydrogen-bond donors (Lipinski definition) is 2. The Morgan fingerprint density at radius 2 is 2.18 bits per heavy atom. The first-order valence-corrected chi connectivity index (χ1v) is 3.28. The standard InChI is InChI=1S/C7H6ClFN2/c8-6-2-1-4(9)3-5(6)7(10)11/h1-3H,(H3,10,11). The molecule has 1 aromatic carbocycles. The molecule has 0 aliphatic heterocycles. The Morgan fingerprint density at radius 1 is 1.55 bits per heavy atom. The first-order valence-electron chi connectivity index (χ1n) is 2.90. The van der Waals surface area contributed by atoms with E-state index in [1.54, 1.807) is 0 Å². The van der Waals surface area contributed by atoms with Crippen LogP contribution >= 0.6 is 11.6 Å². The summed E-state index contributed by atoms with van der Waals surface area (Å²) in [7, 11) is 0. The molecule has 0 spiro atoms. The van der Waals surface area contributed by atoms with E-state index in [1.165, 1.54) is 12.1 Å². The molecule has 2 nitrogen and oxygen atoms in total. The Hall–Kier alpha value is -1.09. The summed E-state index contributed by atoms with van der Waals surface area (Å²) in [4.78, 5) is 0. The third kappa shape index (κ3) is 1.68. The van der Waals surface area contributed by atoms with Crippen molar-refractivity contribution in [3.63, 3.8) is 0 Å². The summed E-state index contributed by atoms with van der Waals surface area (Å²) >= 11 is 5.60. The quantitative estimate of drug-likeness (QED) is 0.492. The summed E-state index contributed by atoms with van der Waals surface area (Å²) in [5.74, 6) is -0.672. The van der Waals surface area contributed by atoms with E-state index in [9.17, 15) is 4.39 Å². The molecule has 0 fully saturated rings. The number of nitrogens with one attached hydrogen (secondary N) is 1. The summed E-state index contributed by atoms with van der Waals surface area (Å²) in [6.07, 6.45) is 0. The Kier molecular flexibility index (Phi) is 2.10. The molecule has 0 bridgehead atoms. The molecule has 0 unspecified atom stereocenters. The maximum atomic E-state index is 12.5. The zero-order valence-electron chi connectivity index (χ0n) is 5.57. The second-order valence-corrected chi connectivity index (χ2v) is 2.45. The Morgan fingerprint density at radius 3 is 2.64 bits per heavy atom. The third-order valence-electron chi connectivity index (χ3n) is 1.22. The van der Waals surface area contributed by atoms with Gasteiger partial charge in [0.2, 0.25) is 0 Å². The predicted octanol–water partition coefficient (Wildman–Crippen LogP) is 1.76. The van der Waals surface area contributed by atoms with Gasteiger partial charge in [-0.05, 0) is 18.2 Å². The van der Waals surface area contributed by atoms with Gasteiger partial charge in [-0.15, -0.1) is 0 Å². The number of amidine groups is 1. The van der Waals surface area contributed by atoms with Crippen molar-refractivity contribution in [3.8, 4) is 0 Å². The van der Waals surface area contributed by atoms with E-state index in [4.69, 9.17) is 22.7 Å². The van der Waals surface area contributed by atoms with E-state index in [0.29, 0.717) is 5.02 Å². The van der Waals surface area contributed by atoms with Gasteiger partial charge in [0.05, 0.1) is 5.02 Å². The van der Waals surface area contributed by atoms with Crippen LogP contribution in [-0.2, 0) is 0 Å². The predicted molar refractivity (Wildman–Crippen MR) is 42.4 cm³/mol. The molecule has 4 heteroatoms. The molecule has 0 heterocycles. The monoisotopic (exact) mass is 172 g/mol. The summed E-state index contributed by atoms with van der Waals surface area (Å²) in [6, 6.07) is 3.72. The van der Waals surface area contributed by atoms with E-state index in [1.807, 2.05) is 0 Å². The molecule has 0 radical (unpaired) electrons. The minimum atomic E-state index is -0.445. The molecule has 0 aromatic heterocycles. The summed E-state index contributed by atoms with van der Waals surface area (Å²) in [5, 5.41) is 7.29. The lowest BCUT2D eigenvalue weighted by Gasteiger charge is -1.99. The first kappa shape index (κ1) is 8.01. The van der Waals surface area contributed by atoms with Crippen molar-refractivity contribution in [1.29, 1.82) is 5.41 Å². The average molecular weight is 173 g/mol. The van der Waals surface area contributed by atoms with Gasteiger partial charge >= 0.3 is 0 Å². The number of benzene rings is 1. The van der Waals surface area contributed by atoms with E-state index in [2.05, 4.69) is 0 Å². The highest BCUT2D eigenvalue weighted by Crippen LogP contribution is 2.15. The van der Waals surface area contributed by atoms with Gasteiger partial charge in [-0.2, -0.15) is 0 Å². The number of rotatable bonds is 1. The van der Waals surface area contributed by atoms with Gasteiger partial charge in [-0.25, -0.2) is 4.39 Å². The van der Waals surface area contributed by atoms with Gasteiger partial charge in [0.15, 0.2) is 0 Å². The Labute approximate surface area is 68.3 Å². The molecule has 1 rings (SSSR count). The van der Waals surface area contributed by atoms with Crippen LogP contribution in [0.4, 0.5) is 4.39 Å². The van der Waals surface area contributed by atoms with Crippen molar-refractivity contribution in [1.82, 2.24) is 0 Å². The second kappa shape index (κ2) is 2.88. The van der Waals surface area contributed by atoms with Crippen LogP contribution in [0.2, 0.25) is 5.02 Å². The lowest BCUT2D eigenvalue weighted by molar-refractivity contribution is 0.627. The zero-order chi connectivity index (χ0) is 8.43. The van der Waals surface area contributed by atoms with Crippen LogP contribution < -0.4 is 5.73 Å². The van der Waals surface area contributed by atoms with Crippen molar-refractivity contribution in [2.24, 2.45) is 5.73 Å². The number of nitrogens with two attached hydrogens (primary N) is 1. The summed E-state index contributed by atoms with van der Waals surface area (Å²) < 4.78 is 12.5. The van der Waals surface area contributed by atoms with Crippen LogP contribution in [0, 0.1) is 11.2 Å². The number of halogens is 2. The van der Waals surface area contributed by atoms with E-state index < -0.39 is 5.82 Å². The zero-order valence-corrected chi connectivity index (χ0v) is 6.32. The summed E-state index contributed by atoms with van der Waals surface area (Å²) in [5.41, 5.74) is 5.34. The molecule has 0 atom stereocenters. The molecule has 3 N–H and O–H groups in total. The van der Waals surface area contributed by atoms with Crippen molar-refractivity contribution in [3.05, 3.63) is 34.6 Å². The van der Waals surface area contributed by atoms with Crippen LogP contribution in [0.15, 0.2) is 18.2 Å². The summed E-state index contributed by atoms with van der Waals surface area (Å²) in [6.45, 7) is 0. The number of hydrogen-bond acceptors (Lipinski definition) is 1. The minimum absolute atomic E-state index is 0.227. The lowest BCUT2D eigenvalue weighted by atomic mass is 10.2. The minimum Gasteiger partial charge on any atom is -0.384 e. The highest BCUT2D eigenvalue weighted by molar-refractivity contribution is 6.33. The SMILES string of the molecule is N=C(N)c1cc(F)ccc1Cl. The normalized spacial score (nSPS) is 9.64. The Bertz CT molecular complexity index is 298. The molecule has 1 aromatic rings. The smallest absolute Gasteiger partial charge is 0.124 e. The fourth-order valence-electron chi connectivity index (χ4n) is 0.704. The molecular formula is C7H6ClFN2. The van der Waals surface area contributed by atoms with Crippen LogP contribution in [-0.4, -0.2) is 5.84 Å². The molecule has 58 valence electrons. The van der Waals surface area contributed by atoms with Gasteiger partial charge in [-0.3, -0.25) is 5.41 Å². The molecule has 0 amide bonds. The number of nitrogen functional groups attached to an aromatic ring is 1. The van der Waals surface area contributed by atoms with Crippen molar-refractivity contribution in [2.45, 2.75) is 0 Å². The lowest BCUT2D eigenvalue weighted by Crippen LogP contribution is -2.11. The van der Waals surface area contributed by atoms with E-state index in [-0.39, 0.29) is 11.4 Å². The molecular weight excluding hydrogens is 167 g/mol. The van der Waals surface area contributed by atoms with Crippen molar-refractivity contribution < 1.29 is 4.39 Å². The first-order chi connectivity index (χ1) is 5.11. The fourth-order valence-corrected chi connectivity index (χ4v) is 0.923. The third-order valence-corrected chi connectivity index (χ3v) is 1.55. The van der Waals surface area contributed by atoms with Gasteiger partial charge in [-0.1, -0.05) is 11.6 Å². The van der Waals surface area contributed by atoms with Gasteiger partial charge in [0.1, 0.15) is 11.7 Å².